The summed E-state index contributed by atoms with van der Waals surface area (Å²) in [5.41, 5.74) is -0.920. The highest BCUT2D eigenvalue weighted by Crippen LogP contribution is 2.29. The van der Waals surface area contributed by atoms with Crippen molar-refractivity contribution in [2.75, 3.05) is 18.0 Å². The van der Waals surface area contributed by atoms with E-state index in [-0.39, 0.29) is 12.1 Å². The quantitative estimate of drug-likeness (QED) is 0.691. The number of pyridine rings is 1. The number of halogens is 3. The lowest BCUT2D eigenvalue weighted by Gasteiger charge is -2.32. The van der Waals surface area contributed by atoms with E-state index in [1.807, 2.05) is 24.3 Å². The van der Waals surface area contributed by atoms with E-state index in [1.165, 1.54) is 0 Å². The van der Waals surface area contributed by atoms with E-state index in [1.54, 1.807) is 17.3 Å². The summed E-state index contributed by atoms with van der Waals surface area (Å²) >= 11 is 0. The van der Waals surface area contributed by atoms with Crippen LogP contribution >= 0.6 is 0 Å². The molecule has 0 aliphatic carbocycles. The average molecular weight is 374 g/mol. The van der Waals surface area contributed by atoms with Crippen molar-refractivity contribution >= 4 is 16.7 Å². The summed E-state index contributed by atoms with van der Waals surface area (Å²) in [6.45, 7) is 1.09. The Morgan fingerprint density at radius 3 is 2.59 bits per heavy atom. The van der Waals surface area contributed by atoms with E-state index in [4.69, 9.17) is 4.74 Å². The van der Waals surface area contributed by atoms with Crippen molar-refractivity contribution in [3.8, 4) is 5.75 Å². The fourth-order valence-electron chi connectivity index (χ4n) is 3.16. The summed E-state index contributed by atoms with van der Waals surface area (Å²) in [6, 6.07) is 8.65. The second-order valence-electron chi connectivity index (χ2n) is 6.43. The Morgan fingerprint density at radius 1 is 1.00 bits per heavy atom. The molecule has 3 heterocycles. The molecule has 0 spiro atoms. The van der Waals surface area contributed by atoms with Crippen LogP contribution in [0, 0.1) is 0 Å². The molecule has 0 N–H and O–H groups in total. The van der Waals surface area contributed by atoms with Crippen molar-refractivity contribution in [2.24, 2.45) is 0 Å². The number of aromatic nitrogens is 3. The summed E-state index contributed by atoms with van der Waals surface area (Å²) in [7, 11) is 0. The van der Waals surface area contributed by atoms with Crippen LogP contribution in [0.25, 0.3) is 10.8 Å². The molecule has 0 amide bonds. The van der Waals surface area contributed by atoms with Crippen molar-refractivity contribution in [1.29, 1.82) is 0 Å². The molecule has 2 aromatic heterocycles. The van der Waals surface area contributed by atoms with E-state index >= 15 is 0 Å². The maximum Gasteiger partial charge on any atom is 0.433 e. The maximum absolute atomic E-state index is 12.8. The second-order valence-corrected chi connectivity index (χ2v) is 6.43. The number of hydrogen-bond acceptors (Lipinski definition) is 5. The average Bonchev–Trinajstić information content (AvgIpc) is 2.68. The fraction of sp³-hybridized carbons (Fsp3) is 0.316. The molecule has 3 aromatic rings. The van der Waals surface area contributed by atoms with Crippen molar-refractivity contribution in [1.82, 2.24) is 15.0 Å². The largest absolute Gasteiger partial charge is 0.490 e. The molecular formula is C19H17F3N4O. The van der Waals surface area contributed by atoms with Gasteiger partial charge in [-0.1, -0.05) is 0 Å². The van der Waals surface area contributed by atoms with Gasteiger partial charge in [-0.25, -0.2) is 9.97 Å². The summed E-state index contributed by atoms with van der Waals surface area (Å²) in [6.07, 6.45) is 1.60. The summed E-state index contributed by atoms with van der Waals surface area (Å²) in [5, 5.41) is 2.10. The van der Waals surface area contributed by atoms with Gasteiger partial charge in [0.25, 0.3) is 0 Å². The van der Waals surface area contributed by atoms with Crippen molar-refractivity contribution in [2.45, 2.75) is 25.1 Å². The van der Waals surface area contributed by atoms with Crippen LogP contribution < -0.4 is 9.64 Å². The van der Waals surface area contributed by atoms with Gasteiger partial charge in [-0.15, -0.1) is 0 Å². The number of rotatable bonds is 3. The molecule has 0 unspecified atom stereocenters. The monoisotopic (exact) mass is 374 g/mol. The molecule has 0 radical (unpaired) electrons. The highest BCUT2D eigenvalue weighted by atomic mass is 19.4. The summed E-state index contributed by atoms with van der Waals surface area (Å²) in [4.78, 5) is 13.5. The third kappa shape index (κ3) is 3.94. The Hall–Kier alpha value is -2.90. The lowest BCUT2D eigenvalue weighted by atomic mass is 10.1. The molecule has 1 saturated heterocycles. The lowest BCUT2D eigenvalue weighted by molar-refractivity contribution is -0.141. The standard InChI is InChI=1S/C19H17F3N4O/c20-19(21,22)17-4-8-24-18(25-17)26-9-5-15(6-10-26)27-16-2-1-14-12-23-7-3-13(14)11-16/h1-4,7-8,11-12,15H,5-6,9-10H2. The van der Waals surface area contributed by atoms with Gasteiger partial charge in [-0.3, -0.25) is 4.98 Å². The molecule has 5 nitrogen and oxygen atoms in total. The van der Waals surface area contributed by atoms with Gasteiger partial charge >= 0.3 is 6.18 Å². The Labute approximate surface area is 153 Å². The molecule has 0 saturated carbocycles. The smallest absolute Gasteiger partial charge is 0.433 e. The first kappa shape index (κ1) is 17.5. The Bertz CT molecular complexity index is 939. The molecule has 27 heavy (non-hydrogen) atoms. The second kappa shape index (κ2) is 7.02. The first-order valence-electron chi connectivity index (χ1n) is 8.65. The van der Waals surface area contributed by atoms with Crippen LogP contribution in [0.2, 0.25) is 0 Å². The number of piperidine rings is 1. The number of nitrogens with zero attached hydrogens (tertiary/aromatic N) is 4. The third-order valence-electron chi connectivity index (χ3n) is 4.57. The van der Waals surface area contributed by atoms with Gasteiger partial charge in [-0.2, -0.15) is 13.2 Å². The van der Waals surface area contributed by atoms with Crippen LogP contribution in [-0.4, -0.2) is 34.1 Å². The lowest BCUT2D eigenvalue weighted by Crippen LogP contribution is -2.39. The zero-order chi connectivity index (χ0) is 18.9. The zero-order valence-electron chi connectivity index (χ0n) is 14.4. The first-order chi connectivity index (χ1) is 13.0. The normalized spacial score (nSPS) is 15.9. The van der Waals surface area contributed by atoms with E-state index in [0.29, 0.717) is 25.9 Å². The van der Waals surface area contributed by atoms with Crippen molar-refractivity contribution in [3.63, 3.8) is 0 Å². The van der Waals surface area contributed by atoms with Crippen molar-refractivity contribution in [3.05, 3.63) is 54.6 Å². The Balaban J connectivity index is 1.40. The van der Waals surface area contributed by atoms with Crippen LogP contribution in [0.15, 0.2) is 48.9 Å². The Kier molecular flexibility index (Phi) is 4.55. The molecule has 1 aliphatic rings. The number of benzene rings is 1. The molecule has 1 aromatic carbocycles. The molecule has 1 fully saturated rings. The molecular weight excluding hydrogens is 357 g/mol. The van der Waals surface area contributed by atoms with Gasteiger partial charge in [0.1, 0.15) is 17.5 Å². The van der Waals surface area contributed by atoms with Crippen LogP contribution in [0.1, 0.15) is 18.5 Å². The topological polar surface area (TPSA) is 51.1 Å². The third-order valence-corrected chi connectivity index (χ3v) is 4.57. The zero-order valence-corrected chi connectivity index (χ0v) is 14.4. The molecule has 4 rings (SSSR count). The van der Waals surface area contributed by atoms with Crippen LogP contribution in [0.4, 0.5) is 19.1 Å². The minimum Gasteiger partial charge on any atom is -0.490 e. The predicted molar refractivity (Wildman–Crippen MR) is 94.6 cm³/mol. The number of hydrogen-bond donors (Lipinski definition) is 0. The predicted octanol–water partition coefficient (Wildman–Crippen LogP) is 4.09. The molecule has 8 heteroatoms. The maximum atomic E-state index is 12.8. The number of ether oxygens (including phenoxy) is 1. The van der Waals surface area contributed by atoms with Crippen LogP contribution in [0.3, 0.4) is 0 Å². The van der Waals surface area contributed by atoms with E-state index < -0.39 is 11.9 Å². The van der Waals surface area contributed by atoms with Crippen LogP contribution in [0.5, 0.6) is 5.75 Å². The highest BCUT2D eigenvalue weighted by molar-refractivity contribution is 5.82. The van der Waals surface area contributed by atoms with Gasteiger partial charge in [0.05, 0.1) is 0 Å². The number of alkyl halides is 3. The SMILES string of the molecule is FC(F)(F)c1ccnc(N2CCC(Oc3ccc4cnccc4c3)CC2)n1. The van der Waals surface area contributed by atoms with Gasteiger partial charge in [0.15, 0.2) is 0 Å². The molecule has 0 bridgehead atoms. The highest BCUT2D eigenvalue weighted by Gasteiger charge is 2.33. The van der Waals surface area contributed by atoms with E-state index in [0.717, 1.165) is 28.8 Å². The molecule has 0 atom stereocenters. The summed E-state index contributed by atoms with van der Waals surface area (Å²) < 4.78 is 44.5. The summed E-state index contributed by atoms with van der Waals surface area (Å²) in [5.74, 6) is 0.893. The van der Waals surface area contributed by atoms with Crippen LogP contribution in [-0.2, 0) is 6.18 Å². The van der Waals surface area contributed by atoms with E-state index in [2.05, 4.69) is 15.0 Å². The molecule has 1 aliphatic heterocycles. The Morgan fingerprint density at radius 2 is 1.81 bits per heavy atom. The van der Waals surface area contributed by atoms with Gasteiger partial charge in [0.2, 0.25) is 5.95 Å². The number of anilines is 1. The molecule has 140 valence electrons. The van der Waals surface area contributed by atoms with E-state index in [9.17, 15) is 13.2 Å². The van der Waals surface area contributed by atoms with Crippen molar-refractivity contribution < 1.29 is 17.9 Å². The minimum atomic E-state index is -4.47. The fourth-order valence-corrected chi connectivity index (χ4v) is 3.16. The van der Waals surface area contributed by atoms with Gasteiger partial charge in [-0.05, 0) is 35.7 Å². The number of fused-ring (bicyclic) bond motifs is 1. The minimum absolute atomic E-state index is 0.00587. The van der Waals surface area contributed by atoms with Gasteiger partial charge < -0.3 is 9.64 Å². The van der Waals surface area contributed by atoms with Gasteiger partial charge in [0, 0.05) is 49.9 Å². The first-order valence-corrected chi connectivity index (χ1v) is 8.65.